The fourth-order valence-electron chi connectivity index (χ4n) is 2.34. The summed E-state index contributed by atoms with van der Waals surface area (Å²) in [4.78, 5) is 13.0. The predicted molar refractivity (Wildman–Crippen MR) is 80.2 cm³/mol. The van der Waals surface area contributed by atoms with E-state index in [4.69, 9.17) is 0 Å². The summed E-state index contributed by atoms with van der Waals surface area (Å²) in [5, 5.41) is 16.5. The largest absolute Gasteiger partial charge is 0.386 e. The van der Waals surface area contributed by atoms with Crippen LogP contribution in [-0.4, -0.2) is 26.6 Å². The molecule has 0 aliphatic carbocycles. The summed E-state index contributed by atoms with van der Waals surface area (Å²) in [6.07, 6.45) is 4.15. The van der Waals surface area contributed by atoms with E-state index < -0.39 is 5.60 Å². The molecule has 21 heavy (non-hydrogen) atoms. The monoisotopic (exact) mass is 285 g/mol. The van der Waals surface area contributed by atoms with Crippen LogP contribution in [0.3, 0.4) is 0 Å². The van der Waals surface area contributed by atoms with Gasteiger partial charge in [0.25, 0.3) is 0 Å². The summed E-state index contributed by atoms with van der Waals surface area (Å²) in [5.41, 5.74) is 2.07. The van der Waals surface area contributed by atoms with Gasteiger partial charge < -0.3 is 15.7 Å². The number of aliphatic hydroxyl groups is 1. The van der Waals surface area contributed by atoms with Gasteiger partial charge in [-0.15, -0.1) is 0 Å². The number of fused-ring (bicyclic) bond motifs is 1. The van der Waals surface area contributed by atoms with Crippen LogP contribution in [0.1, 0.15) is 30.7 Å². The van der Waals surface area contributed by atoms with Gasteiger partial charge in [0, 0.05) is 23.9 Å². The van der Waals surface area contributed by atoms with Crippen molar-refractivity contribution >= 4 is 11.6 Å². The number of hydrogen-bond acceptors (Lipinski definition) is 6. The Morgan fingerprint density at radius 1 is 1.24 bits per heavy atom. The van der Waals surface area contributed by atoms with E-state index in [2.05, 4.69) is 25.6 Å². The van der Waals surface area contributed by atoms with E-state index in [1.807, 2.05) is 12.1 Å². The summed E-state index contributed by atoms with van der Waals surface area (Å²) in [6, 6.07) is 3.72. The van der Waals surface area contributed by atoms with Gasteiger partial charge in [-0.3, -0.25) is 0 Å². The lowest BCUT2D eigenvalue weighted by molar-refractivity contribution is 0.0782. The van der Waals surface area contributed by atoms with Crippen molar-refractivity contribution < 1.29 is 5.11 Å². The molecule has 0 radical (unpaired) electrons. The molecule has 0 spiro atoms. The molecular weight excluding hydrogens is 266 g/mol. The van der Waals surface area contributed by atoms with Crippen LogP contribution in [0.15, 0.2) is 24.7 Å². The van der Waals surface area contributed by atoms with Crippen molar-refractivity contribution in [2.24, 2.45) is 0 Å². The first-order valence-corrected chi connectivity index (χ1v) is 7.03. The Hall–Kier alpha value is -2.05. The molecule has 0 bridgehead atoms. The first-order chi connectivity index (χ1) is 10.0. The maximum absolute atomic E-state index is 9.94. The molecule has 2 aromatic heterocycles. The zero-order valence-electron chi connectivity index (χ0n) is 12.2. The minimum absolute atomic E-state index is 0.711. The Labute approximate surface area is 123 Å². The van der Waals surface area contributed by atoms with Crippen LogP contribution in [-0.2, 0) is 18.6 Å². The zero-order valence-corrected chi connectivity index (χ0v) is 12.2. The third kappa shape index (κ3) is 3.01. The van der Waals surface area contributed by atoms with Crippen molar-refractivity contribution in [3.05, 3.63) is 41.5 Å². The molecule has 1 aliphatic heterocycles. The first-order valence-electron chi connectivity index (χ1n) is 7.03. The molecule has 0 aromatic carbocycles. The quantitative estimate of drug-likeness (QED) is 0.792. The van der Waals surface area contributed by atoms with Gasteiger partial charge in [-0.25, -0.2) is 15.0 Å². The lowest BCUT2D eigenvalue weighted by Crippen LogP contribution is -2.25. The van der Waals surface area contributed by atoms with Gasteiger partial charge in [-0.1, -0.05) is 6.07 Å². The molecule has 3 rings (SSSR count). The molecular formula is C15H19N5O. The van der Waals surface area contributed by atoms with Crippen molar-refractivity contribution in [2.75, 3.05) is 11.9 Å². The van der Waals surface area contributed by atoms with E-state index in [1.165, 1.54) is 0 Å². The van der Waals surface area contributed by atoms with Crippen LogP contribution in [0, 0.1) is 0 Å². The molecule has 0 saturated heterocycles. The average molecular weight is 285 g/mol. The molecule has 0 amide bonds. The Balaban J connectivity index is 1.84. The van der Waals surface area contributed by atoms with Crippen LogP contribution in [0.2, 0.25) is 0 Å². The van der Waals surface area contributed by atoms with Crippen molar-refractivity contribution in [3.63, 3.8) is 0 Å². The van der Waals surface area contributed by atoms with E-state index in [0.717, 1.165) is 42.1 Å². The molecule has 6 heteroatoms. The van der Waals surface area contributed by atoms with Crippen molar-refractivity contribution in [3.8, 4) is 0 Å². The highest BCUT2D eigenvalue weighted by molar-refractivity contribution is 5.57. The Bertz CT molecular complexity index is 634. The van der Waals surface area contributed by atoms with Gasteiger partial charge in [0.2, 0.25) is 0 Å². The molecule has 2 aromatic rings. The van der Waals surface area contributed by atoms with Crippen LogP contribution < -0.4 is 10.6 Å². The Kier molecular flexibility index (Phi) is 3.57. The molecule has 6 nitrogen and oxygen atoms in total. The molecule has 110 valence electrons. The van der Waals surface area contributed by atoms with Gasteiger partial charge in [0.05, 0.1) is 11.3 Å². The number of nitrogens with one attached hydrogen (secondary N) is 2. The van der Waals surface area contributed by atoms with Crippen LogP contribution in [0.5, 0.6) is 0 Å². The molecule has 0 saturated carbocycles. The van der Waals surface area contributed by atoms with Crippen molar-refractivity contribution in [1.29, 1.82) is 0 Å². The zero-order chi connectivity index (χ0) is 14.9. The van der Waals surface area contributed by atoms with E-state index in [-0.39, 0.29) is 0 Å². The molecule has 0 unspecified atom stereocenters. The van der Waals surface area contributed by atoms with Crippen molar-refractivity contribution in [1.82, 2.24) is 20.3 Å². The number of aromatic nitrogens is 3. The highest BCUT2D eigenvalue weighted by atomic mass is 16.3. The number of pyridine rings is 1. The summed E-state index contributed by atoms with van der Waals surface area (Å²) in [6.45, 7) is 5.19. The summed E-state index contributed by atoms with van der Waals surface area (Å²) >= 11 is 0. The van der Waals surface area contributed by atoms with E-state index in [0.29, 0.717) is 5.82 Å². The minimum Gasteiger partial charge on any atom is -0.386 e. The van der Waals surface area contributed by atoms with E-state index in [1.54, 1.807) is 26.4 Å². The molecule has 1 aliphatic rings. The van der Waals surface area contributed by atoms with E-state index in [9.17, 15) is 5.11 Å². The number of hydrogen-bond donors (Lipinski definition) is 3. The SMILES string of the molecule is CC(C)(O)c1ccc(Nc2ncnc3c2CCNC3)nc1. The molecule has 3 N–H and O–H groups in total. The van der Waals surface area contributed by atoms with Crippen LogP contribution in [0.25, 0.3) is 0 Å². The Morgan fingerprint density at radius 2 is 2.10 bits per heavy atom. The van der Waals surface area contributed by atoms with Crippen LogP contribution in [0.4, 0.5) is 11.6 Å². The van der Waals surface area contributed by atoms with Gasteiger partial charge >= 0.3 is 0 Å². The summed E-state index contributed by atoms with van der Waals surface area (Å²) in [5.74, 6) is 1.52. The highest BCUT2D eigenvalue weighted by Crippen LogP contribution is 2.23. The second-order valence-corrected chi connectivity index (χ2v) is 5.69. The van der Waals surface area contributed by atoms with Crippen molar-refractivity contribution in [2.45, 2.75) is 32.4 Å². The lowest BCUT2D eigenvalue weighted by Gasteiger charge is -2.19. The summed E-state index contributed by atoms with van der Waals surface area (Å²) < 4.78 is 0. The van der Waals surface area contributed by atoms with Gasteiger partial charge in [-0.2, -0.15) is 0 Å². The number of anilines is 2. The maximum atomic E-state index is 9.94. The van der Waals surface area contributed by atoms with E-state index >= 15 is 0 Å². The highest BCUT2D eigenvalue weighted by Gasteiger charge is 2.17. The molecule has 0 atom stereocenters. The van der Waals surface area contributed by atoms with Crippen LogP contribution >= 0.6 is 0 Å². The standard InChI is InChI=1S/C15H19N5O/c1-15(2,21)10-3-4-13(17-7-10)20-14-11-5-6-16-8-12(11)18-9-19-14/h3-4,7,9,16,21H,5-6,8H2,1-2H3,(H,17,18,19,20). The second kappa shape index (κ2) is 5.38. The topological polar surface area (TPSA) is 83.0 Å². The first kappa shape index (κ1) is 13.9. The summed E-state index contributed by atoms with van der Waals surface area (Å²) in [7, 11) is 0. The normalized spacial score (nSPS) is 14.6. The third-order valence-corrected chi connectivity index (χ3v) is 3.60. The minimum atomic E-state index is -0.884. The third-order valence-electron chi connectivity index (χ3n) is 3.60. The maximum Gasteiger partial charge on any atom is 0.138 e. The smallest absolute Gasteiger partial charge is 0.138 e. The van der Waals surface area contributed by atoms with Gasteiger partial charge in [0.1, 0.15) is 18.0 Å². The second-order valence-electron chi connectivity index (χ2n) is 5.69. The van der Waals surface area contributed by atoms with Gasteiger partial charge in [0.15, 0.2) is 0 Å². The fraction of sp³-hybridized carbons (Fsp3) is 0.400. The molecule has 3 heterocycles. The number of rotatable bonds is 3. The fourth-order valence-corrected chi connectivity index (χ4v) is 2.34. The number of nitrogens with zero attached hydrogens (tertiary/aromatic N) is 3. The lowest BCUT2D eigenvalue weighted by atomic mass is 10.0. The molecule has 0 fully saturated rings. The van der Waals surface area contributed by atoms with Gasteiger partial charge in [-0.05, 0) is 32.9 Å². The average Bonchev–Trinajstić information content (AvgIpc) is 2.47. The predicted octanol–water partition coefficient (Wildman–Crippen LogP) is 1.49. The Morgan fingerprint density at radius 3 is 2.81 bits per heavy atom.